The van der Waals surface area contributed by atoms with E-state index in [1.165, 1.54) is 4.90 Å². The van der Waals surface area contributed by atoms with Crippen molar-refractivity contribution in [2.45, 2.75) is 13.3 Å². The number of urea groups is 1. The molecule has 7 nitrogen and oxygen atoms in total. The van der Waals surface area contributed by atoms with Crippen LogP contribution in [0.4, 0.5) is 10.5 Å². The van der Waals surface area contributed by atoms with Gasteiger partial charge in [0.25, 0.3) is 0 Å². The number of nitrogens with one attached hydrogen (secondary N) is 1. The highest BCUT2D eigenvalue weighted by Gasteiger charge is 2.27. The number of nitrogens with two attached hydrogens (primary N) is 1. The number of amides is 4. The van der Waals surface area contributed by atoms with Crippen molar-refractivity contribution in [3.05, 3.63) is 29.8 Å². The summed E-state index contributed by atoms with van der Waals surface area (Å²) < 4.78 is 0. The van der Waals surface area contributed by atoms with Crippen molar-refractivity contribution >= 4 is 23.5 Å². The molecule has 1 aromatic carbocycles. The zero-order chi connectivity index (χ0) is 16.1. The van der Waals surface area contributed by atoms with Gasteiger partial charge in [0.15, 0.2) is 0 Å². The van der Waals surface area contributed by atoms with E-state index in [0.717, 1.165) is 11.3 Å². The minimum Gasteiger partial charge on any atom is -0.370 e. The molecule has 0 saturated carbocycles. The molecule has 22 heavy (non-hydrogen) atoms. The van der Waals surface area contributed by atoms with Gasteiger partial charge in [-0.15, -0.1) is 0 Å². The van der Waals surface area contributed by atoms with Crippen molar-refractivity contribution in [3.63, 3.8) is 0 Å². The van der Waals surface area contributed by atoms with Crippen LogP contribution in [0.3, 0.4) is 0 Å². The normalized spacial score (nSPS) is 13.9. The van der Waals surface area contributed by atoms with E-state index in [0.29, 0.717) is 19.6 Å². The van der Waals surface area contributed by atoms with Crippen LogP contribution in [-0.4, -0.2) is 48.9 Å². The minimum absolute atomic E-state index is 0.0319. The van der Waals surface area contributed by atoms with Gasteiger partial charge in [0.2, 0.25) is 11.8 Å². The Balaban J connectivity index is 2.11. The maximum Gasteiger partial charge on any atom is 0.324 e. The summed E-state index contributed by atoms with van der Waals surface area (Å²) in [5, 5.41) is 2.60. The quantitative estimate of drug-likeness (QED) is 0.786. The molecule has 4 amide bonds. The number of hydrogen-bond donors (Lipinski definition) is 2. The summed E-state index contributed by atoms with van der Waals surface area (Å²) in [6, 6.07) is 7.26. The number of benzene rings is 1. The highest BCUT2D eigenvalue weighted by Crippen LogP contribution is 2.16. The van der Waals surface area contributed by atoms with E-state index in [-0.39, 0.29) is 24.9 Å². The van der Waals surface area contributed by atoms with E-state index < -0.39 is 5.91 Å². The van der Waals surface area contributed by atoms with Crippen LogP contribution in [0.25, 0.3) is 0 Å². The summed E-state index contributed by atoms with van der Waals surface area (Å²) >= 11 is 0. The Morgan fingerprint density at radius 1 is 1.41 bits per heavy atom. The van der Waals surface area contributed by atoms with E-state index in [9.17, 15) is 14.4 Å². The predicted molar refractivity (Wildman–Crippen MR) is 82.3 cm³/mol. The highest BCUT2D eigenvalue weighted by atomic mass is 16.2. The first kappa shape index (κ1) is 15.8. The molecule has 1 aromatic rings. The number of aryl methyl sites for hydroxylation is 1. The second-order valence-corrected chi connectivity index (χ2v) is 5.25. The van der Waals surface area contributed by atoms with Crippen LogP contribution < -0.4 is 16.0 Å². The summed E-state index contributed by atoms with van der Waals surface area (Å²) in [6.07, 6.45) is 0.146. The van der Waals surface area contributed by atoms with Crippen molar-refractivity contribution < 1.29 is 14.4 Å². The van der Waals surface area contributed by atoms with Gasteiger partial charge in [-0.05, 0) is 24.6 Å². The molecule has 2 rings (SSSR count). The predicted octanol–water partition coefficient (Wildman–Crippen LogP) is 0.229. The molecule has 7 heteroatoms. The van der Waals surface area contributed by atoms with Crippen LogP contribution in [0.15, 0.2) is 24.3 Å². The number of primary amides is 1. The molecule has 0 atom stereocenters. The van der Waals surface area contributed by atoms with Gasteiger partial charge in [-0.1, -0.05) is 12.1 Å². The molecule has 3 N–H and O–H groups in total. The molecule has 0 spiro atoms. The molecule has 0 bridgehead atoms. The van der Waals surface area contributed by atoms with E-state index in [4.69, 9.17) is 5.73 Å². The fraction of sp³-hybridized carbons (Fsp3) is 0.400. The lowest BCUT2D eigenvalue weighted by molar-refractivity contribution is -0.126. The number of imide groups is 1. The maximum atomic E-state index is 12.3. The first-order chi connectivity index (χ1) is 10.5. The Hall–Kier alpha value is -2.57. The second-order valence-electron chi connectivity index (χ2n) is 5.25. The lowest BCUT2D eigenvalue weighted by Crippen LogP contribution is -2.43. The van der Waals surface area contributed by atoms with Gasteiger partial charge in [-0.2, -0.15) is 0 Å². The Kier molecular flexibility index (Phi) is 4.98. The summed E-state index contributed by atoms with van der Waals surface area (Å²) in [6.45, 7) is 3.15. The lowest BCUT2D eigenvalue weighted by Gasteiger charge is -2.25. The summed E-state index contributed by atoms with van der Waals surface area (Å²) in [5.74, 6) is -0.718. The zero-order valence-corrected chi connectivity index (χ0v) is 12.5. The van der Waals surface area contributed by atoms with Crippen molar-refractivity contribution in [1.29, 1.82) is 0 Å². The molecule has 118 valence electrons. The third-order valence-corrected chi connectivity index (χ3v) is 3.48. The summed E-state index contributed by atoms with van der Waals surface area (Å²) in [7, 11) is 0. The van der Waals surface area contributed by atoms with Crippen LogP contribution in [0.5, 0.6) is 0 Å². The average molecular weight is 304 g/mol. The fourth-order valence-corrected chi connectivity index (χ4v) is 2.33. The SMILES string of the molecule is Cc1cccc(N(CCC(N)=O)CC(=O)N2CCNC2=O)c1. The third-order valence-electron chi connectivity index (χ3n) is 3.48. The van der Waals surface area contributed by atoms with Gasteiger partial charge in [-0.25, -0.2) is 4.79 Å². The Morgan fingerprint density at radius 2 is 2.18 bits per heavy atom. The van der Waals surface area contributed by atoms with Gasteiger partial charge in [-0.3, -0.25) is 14.5 Å². The zero-order valence-electron chi connectivity index (χ0n) is 12.5. The van der Waals surface area contributed by atoms with Crippen LogP contribution in [0, 0.1) is 6.92 Å². The van der Waals surface area contributed by atoms with Crippen LogP contribution in [0.1, 0.15) is 12.0 Å². The number of carbonyl (C=O) groups is 3. The van der Waals surface area contributed by atoms with E-state index in [1.54, 1.807) is 4.90 Å². The van der Waals surface area contributed by atoms with Gasteiger partial charge in [0, 0.05) is 31.7 Å². The average Bonchev–Trinajstić information content (AvgIpc) is 2.89. The van der Waals surface area contributed by atoms with Gasteiger partial charge >= 0.3 is 6.03 Å². The van der Waals surface area contributed by atoms with Crippen LogP contribution in [-0.2, 0) is 9.59 Å². The Bertz CT molecular complexity index is 588. The monoisotopic (exact) mass is 304 g/mol. The molecule has 0 aromatic heterocycles. The molecule has 0 radical (unpaired) electrons. The number of anilines is 1. The first-order valence-electron chi connectivity index (χ1n) is 7.15. The summed E-state index contributed by atoms with van der Waals surface area (Å²) in [4.78, 5) is 37.8. The number of nitrogens with zero attached hydrogens (tertiary/aromatic N) is 2. The van der Waals surface area contributed by atoms with Gasteiger partial charge < -0.3 is 16.0 Å². The standard InChI is InChI=1S/C15H20N4O3/c1-11-3-2-4-12(9-11)18(7-5-13(16)20)10-14(21)19-8-6-17-15(19)22/h2-4,9H,5-8,10H2,1H3,(H2,16,20)(H,17,22). The molecule has 1 aliphatic heterocycles. The molecular weight excluding hydrogens is 284 g/mol. The van der Waals surface area contributed by atoms with Crippen LogP contribution in [0.2, 0.25) is 0 Å². The van der Waals surface area contributed by atoms with E-state index in [2.05, 4.69) is 5.32 Å². The van der Waals surface area contributed by atoms with Crippen molar-refractivity contribution in [2.75, 3.05) is 31.1 Å². The number of hydrogen-bond acceptors (Lipinski definition) is 4. The van der Waals surface area contributed by atoms with E-state index >= 15 is 0 Å². The van der Waals surface area contributed by atoms with Crippen molar-refractivity contribution in [2.24, 2.45) is 5.73 Å². The molecule has 1 fully saturated rings. The molecule has 1 heterocycles. The van der Waals surface area contributed by atoms with Gasteiger partial charge in [0.05, 0.1) is 6.54 Å². The highest BCUT2D eigenvalue weighted by molar-refractivity contribution is 5.97. The minimum atomic E-state index is -0.427. The molecule has 0 unspecified atom stereocenters. The smallest absolute Gasteiger partial charge is 0.324 e. The number of carbonyl (C=O) groups excluding carboxylic acids is 3. The maximum absolute atomic E-state index is 12.3. The van der Waals surface area contributed by atoms with Crippen molar-refractivity contribution in [3.8, 4) is 0 Å². The first-order valence-corrected chi connectivity index (χ1v) is 7.15. The van der Waals surface area contributed by atoms with Crippen LogP contribution >= 0.6 is 0 Å². The molecule has 1 saturated heterocycles. The largest absolute Gasteiger partial charge is 0.370 e. The third kappa shape index (κ3) is 3.97. The van der Waals surface area contributed by atoms with Crippen molar-refractivity contribution in [1.82, 2.24) is 10.2 Å². The number of rotatable bonds is 6. The van der Waals surface area contributed by atoms with Gasteiger partial charge in [0.1, 0.15) is 0 Å². The Morgan fingerprint density at radius 3 is 2.77 bits per heavy atom. The Labute approximate surface area is 129 Å². The second kappa shape index (κ2) is 6.93. The molecule has 1 aliphatic rings. The van der Waals surface area contributed by atoms with E-state index in [1.807, 2.05) is 31.2 Å². The molecule has 0 aliphatic carbocycles. The lowest BCUT2D eigenvalue weighted by atomic mass is 10.2. The molecular formula is C15H20N4O3. The fourth-order valence-electron chi connectivity index (χ4n) is 2.33. The topological polar surface area (TPSA) is 95.7 Å². The summed E-state index contributed by atoms with van der Waals surface area (Å²) in [5.41, 5.74) is 7.08.